The molecule has 0 bridgehead atoms. The minimum absolute atomic E-state index is 0.0620. The van der Waals surface area contributed by atoms with Gasteiger partial charge < -0.3 is 14.4 Å². The van der Waals surface area contributed by atoms with Crippen LogP contribution >= 0.6 is 0 Å². The molecule has 1 unspecified atom stereocenters. The number of halogens is 1. The number of benzene rings is 2. The van der Waals surface area contributed by atoms with Gasteiger partial charge in [-0.05, 0) is 55.7 Å². The van der Waals surface area contributed by atoms with Crippen LogP contribution in [0.3, 0.4) is 0 Å². The van der Waals surface area contributed by atoms with Crippen molar-refractivity contribution in [3.05, 3.63) is 64.0 Å². The molecule has 0 radical (unpaired) electrons. The summed E-state index contributed by atoms with van der Waals surface area (Å²) >= 11 is 0. The van der Waals surface area contributed by atoms with Gasteiger partial charge in [0.1, 0.15) is 11.6 Å². The van der Waals surface area contributed by atoms with Crippen LogP contribution in [0.15, 0.2) is 30.3 Å². The van der Waals surface area contributed by atoms with Crippen molar-refractivity contribution < 1.29 is 28.2 Å². The highest BCUT2D eigenvalue weighted by Gasteiger charge is 2.33. The molecule has 2 aromatic rings. The third-order valence-corrected chi connectivity index (χ3v) is 7.44. The fraction of sp³-hybridized carbons (Fsp3) is 0.545. The standard InChI is InChI=1S/C33H44FNO5/c1-7-12-25-20-27(28(36)9-3)29(34)26(13-8-2)30(25)40-31(24-16-14-23(15-17-24)21(4)5)33(38)39-22(6)32(37)35-18-10-11-19-35/h14-17,20-22,31H,7-13,18-19H2,1-6H3/t22-,31?/m1/s1. The molecule has 0 spiro atoms. The van der Waals surface area contributed by atoms with E-state index in [0.717, 1.165) is 24.8 Å². The van der Waals surface area contributed by atoms with Crippen LogP contribution in [0, 0.1) is 5.82 Å². The molecule has 3 rings (SSSR count). The van der Waals surface area contributed by atoms with Crippen LogP contribution in [0.1, 0.15) is 118 Å². The Morgan fingerprint density at radius 1 is 0.925 bits per heavy atom. The van der Waals surface area contributed by atoms with Gasteiger partial charge in [-0.2, -0.15) is 0 Å². The molecule has 1 saturated heterocycles. The van der Waals surface area contributed by atoms with E-state index in [2.05, 4.69) is 13.8 Å². The number of aryl methyl sites for hydroxylation is 1. The lowest BCUT2D eigenvalue weighted by atomic mass is 9.94. The van der Waals surface area contributed by atoms with Gasteiger partial charge in [0.25, 0.3) is 5.91 Å². The number of ketones is 1. The van der Waals surface area contributed by atoms with E-state index in [1.807, 2.05) is 38.1 Å². The monoisotopic (exact) mass is 553 g/mol. The van der Waals surface area contributed by atoms with Crippen molar-refractivity contribution >= 4 is 17.7 Å². The summed E-state index contributed by atoms with van der Waals surface area (Å²) in [6.45, 7) is 12.7. The maximum atomic E-state index is 15.8. The van der Waals surface area contributed by atoms with Crippen molar-refractivity contribution in [3.8, 4) is 5.75 Å². The quantitative estimate of drug-likeness (QED) is 0.195. The fourth-order valence-corrected chi connectivity index (χ4v) is 5.13. The first-order valence-corrected chi connectivity index (χ1v) is 14.8. The number of hydrogen-bond donors (Lipinski definition) is 0. The SMILES string of the molecule is CCCc1cc(C(=O)CC)c(F)c(CCC)c1OC(C(=O)O[C@H](C)C(=O)N1CCCC1)c1ccc(C(C)C)cc1. The molecule has 218 valence electrons. The molecule has 2 aromatic carbocycles. The van der Waals surface area contributed by atoms with Crippen LogP contribution in [0.2, 0.25) is 0 Å². The Bertz CT molecular complexity index is 1180. The van der Waals surface area contributed by atoms with Crippen molar-refractivity contribution in [1.82, 2.24) is 4.90 Å². The first-order chi connectivity index (χ1) is 19.1. The zero-order valence-corrected chi connectivity index (χ0v) is 24.8. The van der Waals surface area contributed by atoms with Crippen LogP contribution in [0.25, 0.3) is 0 Å². The summed E-state index contributed by atoms with van der Waals surface area (Å²) in [6, 6.07) is 9.08. The van der Waals surface area contributed by atoms with Gasteiger partial charge in [0.2, 0.25) is 6.10 Å². The molecule has 1 aliphatic heterocycles. The highest BCUT2D eigenvalue weighted by molar-refractivity contribution is 5.97. The molecule has 0 N–H and O–H groups in total. The lowest BCUT2D eigenvalue weighted by Gasteiger charge is -2.26. The van der Waals surface area contributed by atoms with Gasteiger partial charge in [-0.3, -0.25) is 9.59 Å². The number of rotatable bonds is 13. The van der Waals surface area contributed by atoms with Gasteiger partial charge in [-0.1, -0.05) is 71.7 Å². The molecule has 40 heavy (non-hydrogen) atoms. The van der Waals surface area contributed by atoms with Crippen LogP contribution in [0.4, 0.5) is 4.39 Å². The van der Waals surface area contributed by atoms with Crippen LogP contribution < -0.4 is 4.74 Å². The molecular weight excluding hydrogens is 509 g/mol. The van der Waals surface area contributed by atoms with E-state index >= 15 is 4.39 Å². The summed E-state index contributed by atoms with van der Waals surface area (Å²) in [4.78, 5) is 40.9. The summed E-state index contributed by atoms with van der Waals surface area (Å²) in [5.74, 6) is -1.23. The summed E-state index contributed by atoms with van der Waals surface area (Å²) in [5.41, 5.74) is 2.69. The van der Waals surface area contributed by atoms with E-state index in [1.54, 1.807) is 24.8 Å². The number of esters is 1. The van der Waals surface area contributed by atoms with E-state index < -0.39 is 24.0 Å². The predicted molar refractivity (Wildman–Crippen MR) is 154 cm³/mol. The minimum atomic E-state index is -1.21. The molecule has 0 saturated carbocycles. The first-order valence-electron chi connectivity index (χ1n) is 14.8. The number of likely N-dealkylation sites (tertiary alicyclic amines) is 1. The van der Waals surface area contributed by atoms with Gasteiger partial charge in [0, 0.05) is 30.6 Å². The summed E-state index contributed by atoms with van der Waals surface area (Å²) < 4.78 is 27.9. The smallest absolute Gasteiger partial charge is 0.352 e. The van der Waals surface area contributed by atoms with Crippen molar-refractivity contribution in [1.29, 1.82) is 0 Å². The molecule has 1 heterocycles. The average molecular weight is 554 g/mol. The van der Waals surface area contributed by atoms with Crippen LogP contribution in [-0.4, -0.2) is 41.8 Å². The van der Waals surface area contributed by atoms with Crippen molar-refractivity contribution in [2.45, 2.75) is 105 Å². The molecule has 1 fully saturated rings. The molecular formula is C33H44FNO5. The van der Waals surface area contributed by atoms with Crippen molar-refractivity contribution in [2.24, 2.45) is 0 Å². The van der Waals surface area contributed by atoms with E-state index in [-0.39, 0.29) is 29.4 Å². The number of ether oxygens (including phenoxy) is 2. The van der Waals surface area contributed by atoms with E-state index in [4.69, 9.17) is 9.47 Å². The number of nitrogens with zero attached hydrogens (tertiary/aromatic N) is 1. The van der Waals surface area contributed by atoms with Gasteiger partial charge in [0.15, 0.2) is 11.9 Å². The molecule has 0 aromatic heterocycles. The Balaban J connectivity index is 2.07. The normalized spacial score (nSPS) is 14.8. The number of amides is 1. The van der Waals surface area contributed by atoms with Gasteiger partial charge >= 0.3 is 5.97 Å². The van der Waals surface area contributed by atoms with E-state index in [9.17, 15) is 14.4 Å². The molecule has 7 heteroatoms. The second kappa shape index (κ2) is 14.4. The molecule has 6 nitrogen and oxygen atoms in total. The highest BCUT2D eigenvalue weighted by atomic mass is 19.1. The second-order valence-electron chi connectivity index (χ2n) is 10.9. The molecule has 1 aliphatic rings. The summed E-state index contributed by atoms with van der Waals surface area (Å²) in [5, 5.41) is 0. The summed E-state index contributed by atoms with van der Waals surface area (Å²) in [6.07, 6.45) is 2.13. The lowest BCUT2D eigenvalue weighted by Crippen LogP contribution is -2.39. The maximum absolute atomic E-state index is 15.8. The van der Waals surface area contributed by atoms with Crippen molar-refractivity contribution in [2.75, 3.05) is 13.1 Å². The van der Waals surface area contributed by atoms with Crippen LogP contribution in [-0.2, 0) is 27.2 Å². The van der Waals surface area contributed by atoms with Gasteiger partial charge in [0.05, 0.1) is 5.56 Å². The largest absolute Gasteiger partial charge is 0.473 e. The Labute approximate surface area is 238 Å². The van der Waals surface area contributed by atoms with Crippen LogP contribution in [0.5, 0.6) is 5.75 Å². The zero-order valence-electron chi connectivity index (χ0n) is 24.8. The third kappa shape index (κ3) is 7.29. The average Bonchev–Trinajstić information content (AvgIpc) is 3.48. The lowest BCUT2D eigenvalue weighted by molar-refractivity contribution is -0.164. The third-order valence-electron chi connectivity index (χ3n) is 7.44. The van der Waals surface area contributed by atoms with Gasteiger partial charge in [-0.15, -0.1) is 0 Å². The second-order valence-corrected chi connectivity index (χ2v) is 10.9. The molecule has 2 atom stereocenters. The maximum Gasteiger partial charge on any atom is 0.352 e. The Hall–Kier alpha value is -3.22. The number of Topliss-reactive ketones (excluding diaryl/α,β-unsaturated/α-hetero) is 1. The summed E-state index contributed by atoms with van der Waals surface area (Å²) in [7, 11) is 0. The Kier molecular flexibility index (Phi) is 11.3. The minimum Gasteiger partial charge on any atom is -0.473 e. The van der Waals surface area contributed by atoms with Crippen molar-refractivity contribution in [3.63, 3.8) is 0 Å². The zero-order chi connectivity index (χ0) is 29.4. The van der Waals surface area contributed by atoms with E-state index in [0.29, 0.717) is 55.0 Å². The topological polar surface area (TPSA) is 72.9 Å². The number of hydrogen-bond acceptors (Lipinski definition) is 5. The Morgan fingerprint density at radius 2 is 1.52 bits per heavy atom. The predicted octanol–water partition coefficient (Wildman–Crippen LogP) is 7.12. The molecule has 0 aliphatic carbocycles. The molecule has 1 amide bonds. The van der Waals surface area contributed by atoms with Gasteiger partial charge in [-0.25, -0.2) is 9.18 Å². The highest BCUT2D eigenvalue weighted by Crippen LogP contribution is 2.36. The fourth-order valence-electron chi connectivity index (χ4n) is 5.13. The first kappa shape index (κ1) is 31.3. The number of carbonyl (C=O) groups is 3. The number of carbonyl (C=O) groups excluding carboxylic acids is 3. The van der Waals surface area contributed by atoms with E-state index in [1.165, 1.54) is 0 Å². The Morgan fingerprint density at radius 3 is 2.08 bits per heavy atom.